The molecule has 0 aliphatic carbocycles. The van der Waals surface area contributed by atoms with E-state index in [-0.39, 0.29) is 21.9 Å². The number of unbranched alkanes of at least 4 members (excludes halogenated alkanes) is 2. The number of urea groups is 1. The van der Waals surface area contributed by atoms with E-state index in [0.29, 0.717) is 65.8 Å². The van der Waals surface area contributed by atoms with Gasteiger partial charge in [0.2, 0.25) is 0 Å². The van der Waals surface area contributed by atoms with Crippen molar-refractivity contribution in [2.75, 3.05) is 30.0 Å². The summed E-state index contributed by atoms with van der Waals surface area (Å²) in [5, 5.41) is 24.9. The van der Waals surface area contributed by atoms with Crippen LogP contribution in [-0.2, 0) is 16.6 Å². The van der Waals surface area contributed by atoms with E-state index in [9.17, 15) is 24.0 Å². The van der Waals surface area contributed by atoms with Gasteiger partial charge in [-0.15, -0.1) is 0 Å². The van der Waals surface area contributed by atoms with E-state index in [2.05, 4.69) is 25.6 Å². The third kappa shape index (κ3) is 6.01. The topological polar surface area (TPSA) is 171 Å². The maximum absolute atomic E-state index is 14.6. The standard InChI is InChI=1S/C38H35ClFN9O5/c1-20-27(11-8-22(18-41)31(20)39)49-37(51)34-28(12-13-48(34)38(49)52)54-15-5-3-4-14-53-24-9-6-21(7-10-24)32-30(35-42-19-43-47(35)2)33-29-25(36(50)46-45-33)16-23(40)17-26(29)44-32/h6-11,16-17,19,28,30,32,34,44H,3-5,12-15H2,1-2H3,(H,46,50)/t28-,30-,32-,34+/m1/s1. The largest absolute Gasteiger partial charge is 0.494 e. The Morgan fingerprint density at radius 2 is 1.87 bits per heavy atom. The molecule has 8 rings (SSSR count). The molecule has 2 aromatic heterocycles. The average Bonchev–Trinajstić information content (AvgIpc) is 3.86. The van der Waals surface area contributed by atoms with Crippen LogP contribution in [0.4, 0.5) is 20.6 Å². The number of fused-ring (bicyclic) bond motifs is 1. The van der Waals surface area contributed by atoms with Crippen LogP contribution < -0.4 is 20.5 Å². The Hall–Kier alpha value is -5.85. The Morgan fingerprint density at radius 1 is 1.07 bits per heavy atom. The van der Waals surface area contributed by atoms with E-state index >= 15 is 0 Å². The minimum atomic E-state index is -0.693. The first kappa shape index (κ1) is 35.2. The van der Waals surface area contributed by atoms with Crippen molar-refractivity contribution in [3.63, 3.8) is 0 Å². The van der Waals surface area contributed by atoms with Gasteiger partial charge < -0.3 is 19.7 Å². The number of halogens is 2. The smallest absolute Gasteiger partial charge is 0.332 e. The predicted octanol–water partition coefficient (Wildman–Crippen LogP) is 5.50. The van der Waals surface area contributed by atoms with Crippen LogP contribution in [0.3, 0.4) is 0 Å². The van der Waals surface area contributed by atoms with Crippen LogP contribution >= 0.6 is 11.6 Å². The molecule has 16 heteroatoms. The zero-order valence-electron chi connectivity index (χ0n) is 29.4. The number of imide groups is 1. The SMILES string of the molecule is Cc1c(N2C(=O)[C@@H]3[C@H](OCCCCCOc4ccc([C@H]5Nc6cc(F)cc7c(=O)[nH]nc(c67)[C@@H]5c5ncnn5C)cc4)CCN3C2=O)ccc(C#N)c1Cl. The van der Waals surface area contributed by atoms with Gasteiger partial charge in [-0.05, 0) is 80.1 Å². The van der Waals surface area contributed by atoms with Crippen LogP contribution in [0, 0.1) is 24.1 Å². The molecule has 0 unspecified atom stereocenters. The summed E-state index contributed by atoms with van der Waals surface area (Å²) in [6.45, 7) is 3.04. The van der Waals surface area contributed by atoms with Gasteiger partial charge in [0.1, 0.15) is 35.8 Å². The van der Waals surface area contributed by atoms with Crippen LogP contribution in [0.1, 0.15) is 65.9 Å². The van der Waals surface area contributed by atoms with E-state index < -0.39 is 41.5 Å². The first-order chi connectivity index (χ1) is 26.2. The Bertz CT molecular complexity index is 2390. The molecule has 14 nitrogen and oxygen atoms in total. The number of nitrogens with one attached hydrogen (secondary N) is 2. The number of nitrogens with zero attached hydrogens (tertiary/aromatic N) is 7. The summed E-state index contributed by atoms with van der Waals surface area (Å²) in [6, 6.07) is 13.9. The fraction of sp³-hybridized carbons (Fsp3) is 0.342. The highest BCUT2D eigenvalue weighted by Gasteiger charge is 2.53. The molecule has 0 saturated carbocycles. The summed E-state index contributed by atoms with van der Waals surface area (Å²) in [6.07, 6.45) is 4.01. The maximum Gasteiger partial charge on any atom is 0.332 e. The van der Waals surface area contributed by atoms with Crippen molar-refractivity contribution in [3.8, 4) is 11.8 Å². The summed E-state index contributed by atoms with van der Waals surface area (Å²) in [4.78, 5) is 46.5. The van der Waals surface area contributed by atoms with Gasteiger partial charge in [0.25, 0.3) is 11.5 Å². The lowest BCUT2D eigenvalue weighted by Gasteiger charge is -2.33. The second kappa shape index (κ2) is 14.2. The Kier molecular flexibility index (Phi) is 9.24. The lowest BCUT2D eigenvalue weighted by Crippen LogP contribution is -2.38. The van der Waals surface area contributed by atoms with Crippen molar-refractivity contribution in [3.05, 3.63) is 104 Å². The van der Waals surface area contributed by atoms with Crippen molar-refractivity contribution in [2.45, 2.75) is 56.7 Å². The summed E-state index contributed by atoms with van der Waals surface area (Å²) in [5.74, 6) is 0.00651. The highest BCUT2D eigenvalue weighted by Crippen LogP contribution is 2.46. The summed E-state index contributed by atoms with van der Waals surface area (Å²) >= 11 is 6.33. The molecule has 54 heavy (non-hydrogen) atoms. The van der Waals surface area contributed by atoms with Crippen LogP contribution in [-0.4, -0.2) is 73.7 Å². The minimum absolute atomic E-state index is 0.211. The van der Waals surface area contributed by atoms with Crippen LogP contribution in [0.15, 0.2) is 59.7 Å². The summed E-state index contributed by atoms with van der Waals surface area (Å²) < 4.78 is 28.4. The van der Waals surface area contributed by atoms with Gasteiger partial charge in [0, 0.05) is 31.3 Å². The molecule has 3 aliphatic rings. The van der Waals surface area contributed by atoms with Gasteiger partial charge >= 0.3 is 6.03 Å². The molecule has 276 valence electrons. The van der Waals surface area contributed by atoms with Gasteiger partial charge in [-0.3, -0.25) is 14.3 Å². The van der Waals surface area contributed by atoms with Gasteiger partial charge in [0.15, 0.2) is 0 Å². The second-order valence-electron chi connectivity index (χ2n) is 13.6. The molecule has 4 atom stereocenters. The van der Waals surface area contributed by atoms with Crippen molar-refractivity contribution in [1.29, 1.82) is 5.26 Å². The Balaban J connectivity index is 0.850. The number of H-pyrrole nitrogens is 1. The third-order valence-electron chi connectivity index (χ3n) is 10.4. The molecule has 3 amide bonds. The zero-order chi connectivity index (χ0) is 37.7. The monoisotopic (exact) mass is 751 g/mol. The lowest BCUT2D eigenvalue weighted by atomic mass is 9.83. The van der Waals surface area contributed by atoms with Crippen LogP contribution in [0.25, 0.3) is 10.8 Å². The number of hydrogen-bond donors (Lipinski definition) is 2. The second-order valence-corrected chi connectivity index (χ2v) is 14.0. The molecular weight excluding hydrogens is 717 g/mol. The van der Waals surface area contributed by atoms with Gasteiger partial charge in [-0.2, -0.15) is 15.5 Å². The van der Waals surface area contributed by atoms with E-state index in [0.717, 1.165) is 29.7 Å². The number of aromatic amines is 1. The number of aryl methyl sites for hydroxylation is 1. The minimum Gasteiger partial charge on any atom is -0.494 e. The molecular formula is C38H35ClFN9O5. The van der Waals surface area contributed by atoms with Gasteiger partial charge in [-0.25, -0.2) is 24.2 Å². The molecule has 2 fully saturated rings. The molecule has 3 aromatic carbocycles. The number of carbonyl (C=O) groups is 2. The number of amides is 3. The Morgan fingerprint density at radius 3 is 2.63 bits per heavy atom. The predicted molar refractivity (Wildman–Crippen MR) is 196 cm³/mol. The fourth-order valence-corrected chi connectivity index (χ4v) is 7.98. The number of aromatic nitrogens is 5. The molecule has 3 aliphatic heterocycles. The molecule has 5 aromatic rings. The molecule has 0 spiro atoms. The highest BCUT2D eigenvalue weighted by atomic mass is 35.5. The molecule has 0 radical (unpaired) electrons. The number of anilines is 2. The van der Waals surface area contributed by atoms with E-state index in [4.69, 9.17) is 21.1 Å². The van der Waals surface area contributed by atoms with Crippen molar-refractivity contribution < 1.29 is 23.5 Å². The molecule has 2 N–H and O–H groups in total. The number of benzene rings is 3. The van der Waals surface area contributed by atoms with Crippen LogP contribution in [0.2, 0.25) is 5.02 Å². The van der Waals surface area contributed by atoms with E-state index in [1.54, 1.807) is 29.6 Å². The lowest BCUT2D eigenvalue weighted by molar-refractivity contribution is -0.122. The molecule has 2 saturated heterocycles. The normalized spacial score (nSPS) is 20.4. The molecule has 0 bridgehead atoms. The maximum atomic E-state index is 14.6. The molecule has 5 heterocycles. The van der Waals surface area contributed by atoms with E-state index in [1.165, 1.54) is 24.5 Å². The third-order valence-corrected chi connectivity index (χ3v) is 10.9. The number of hydrogen-bond acceptors (Lipinski definition) is 10. The summed E-state index contributed by atoms with van der Waals surface area (Å²) in [5.41, 5.74) is 2.63. The average molecular weight is 752 g/mol. The van der Waals surface area contributed by atoms with Gasteiger partial charge in [0.05, 0.1) is 52.0 Å². The van der Waals surface area contributed by atoms with Crippen molar-refractivity contribution in [1.82, 2.24) is 29.9 Å². The summed E-state index contributed by atoms with van der Waals surface area (Å²) in [7, 11) is 1.79. The Labute approximate surface area is 313 Å². The number of nitriles is 1. The first-order valence-corrected chi connectivity index (χ1v) is 18.0. The van der Waals surface area contributed by atoms with Gasteiger partial charge in [-0.1, -0.05) is 23.7 Å². The number of ether oxygens (including phenoxy) is 2. The zero-order valence-corrected chi connectivity index (χ0v) is 30.1. The van der Waals surface area contributed by atoms with Crippen molar-refractivity contribution in [2.24, 2.45) is 7.05 Å². The van der Waals surface area contributed by atoms with Crippen LogP contribution in [0.5, 0.6) is 5.75 Å². The first-order valence-electron chi connectivity index (χ1n) is 17.7. The number of carbonyl (C=O) groups excluding carboxylic acids is 2. The van der Waals surface area contributed by atoms with Crippen molar-refractivity contribution >= 4 is 45.7 Å². The quantitative estimate of drug-likeness (QED) is 0.130. The fourth-order valence-electron chi connectivity index (χ4n) is 7.77. The number of rotatable bonds is 11. The highest BCUT2D eigenvalue weighted by molar-refractivity contribution is 6.33. The van der Waals surface area contributed by atoms with E-state index in [1.807, 2.05) is 30.3 Å².